The Morgan fingerprint density at radius 3 is 3.10 bits per heavy atom. The van der Waals surface area contributed by atoms with Gasteiger partial charge >= 0.3 is 0 Å². The van der Waals surface area contributed by atoms with E-state index in [2.05, 4.69) is 43.2 Å². The van der Waals surface area contributed by atoms with Crippen LogP contribution in [0.2, 0.25) is 0 Å². The Labute approximate surface area is 136 Å². The molecule has 0 radical (unpaired) electrons. The van der Waals surface area contributed by atoms with Gasteiger partial charge in [0.2, 0.25) is 11.7 Å². The molecule has 2 aromatic rings. The highest BCUT2D eigenvalue weighted by Gasteiger charge is 2.20. The van der Waals surface area contributed by atoms with Gasteiger partial charge in [-0.15, -0.1) is 23.7 Å². The van der Waals surface area contributed by atoms with Crippen LogP contribution >= 0.6 is 39.7 Å². The van der Waals surface area contributed by atoms with E-state index >= 15 is 0 Å². The summed E-state index contributed by atoms with van der Waals surface area (Å²) < 4.78 is 6.42. The maximum Gasteiger partial charge on any atom is 0.241 e. The molecule has 20 heavy (non-hydrogen) atoms. The van der Waals surface area contributed by atoms with Gasteiger partial charge < -0.3 is 9.84 Å². The monoisotopic (exact) mass is 378 g/mol. The summed E-state index contributed by atoms with van der Waals surface area (Å²) in [4.78, 5) is 7.85. The first-order valence-corrected chi connectivity index (χ1v) is 7.86. The molecule has 5 nitrogen and oxygen atoms in total. The predicted octanol–water partition coefficient (Wildman–Crippen LogP) is 2.78. The van der Waals surface area contributed by atoms with Gasteiger partial charge in [-0.25, -0.2) is 0 Å². The van der Waals surface area contributed by atoms with Gasteiger partial charge in [0.15, 0.2) is 0 Å². The highest BCUT2D eigenvalue weighted by molar-refractivity contribution is 9.11. The smallest absolute Gasteiger partial charge is 0.241 e. The van der Waals surface area contributed by atoms with Crippen molar-refractivity contribution in [1.82, 2.24) is 20.4 Å². The molecule has 0 aliphatic carbocycles. The molecule has 0 spiro atoms. The number of nitrogens with zero attached hydrogens (tertiary/aromatic N) is 3. The van der Waals surface area contributed by atoms with Crippen molar-refractivity contribution in [2.24, 2.45) is 0 Å². The van der Waals surface area contributed by atoms with Gasteiger partial charge in [-0.1, -0.05) is 5.16 Å². The molecule has 8 heteroatoms. The number of thiophene rings is 1. The minimum Gasteiger partial charge on any atom is -0.338 e. The molecule has 1 aliphatic heterocycles. The van der Waals surface area contributed by atoms with Crippen LogP contribution in [-0.4, -0.2) is 40.7 Å². The Hall–Kier alpha value is -0.470. The second-order valence-electron chi connectivity index (χ2n) is 4.64. The standard InChI is InChI=1S/C12H15BrN4OS.ClH/c1-8-6-14-4-5-17(8)7-11-15-12(16-18-11)9-2-3-10(13)19-9;/h2-3,8,14H,4-7H2,1H3;1H/t8-;/m0./s1. The number of piperazine rings is 1. The Balaban J connectivity index is 0.00000147. The molecular formula is C12H16BrClN4OS. The van der Waals surface area contributed by atoms with Crippen molar-refractivity contribution in [3.05, 3.63) is 21.8 Å². The molecule has 0 unspecified atom stereocenters. The zero-order chi connectivity index (χ0) is 13.2. The molecule has 110 valence electrons. The minimum absolute atomic E-state index is 0. The number of nitrogens with one attached hydrogen (secondary N) is 1. The zero-order valence-corrected chi connectivity index (χ0v) is 14.2. The molecule has 1 fully saturated rings. The first kappa shape index (κ1) is 15.9. The van der Waals surface area contributed by atoms with E-state index < -0.39 is 0 Å². The first-order chi connectivity index (χ1) is 9.22. The van der Waals surface area contributed by atoms with Crippen molar-refractivity contribution >= 4 is 39.7 Å². The Morgan fingerprint density at radius 1 is 1.55 bits per heavy atom. The molecule has 1 aliphatic rings. The minimum atomic E-state index is 0. The van der Waals surface area contributed by atoms with E-state index in [-0.39, 0.29) is 12.4 Å². The van der Waals surface area contributed by atoms with Gasteiger partial charge in [0.1, 0.15) is 0 Å². The lowest BCUT2D eigenvalue weighted by atomic mass is 10.2. The molecule has 0 saturated carbocycles. The lowest BCUT2D eigenvalue weighted by Crippen LogP contribution is -2.49. The molecule has 0 aromatic carbocycles. The normalized spacial score (nSPS) is 19.8. The molecule has 1 saturated heterocycles. The average Bonchev–Trinajstić information content (AvgIpc) is 3.01. The van der Waals surface area contributed by atoms with Crippen LogP contribution in [0.5, 0.6) is 0 Å². The Bertz CT molecular complexity index is 561. The summed E-state index contributed by atoms with van der Waals surface area (Å²) in [6, 6.07) is 4.49. The van der Waals surface area contributed by atoms with Crippen LogP contribution in [0.15, 0.2) is 20.4 Å². The predicted molar refractivity (Wildman–Crippen MR) is 85.3 cm³/mol. The summed E-state index contributed by atoms with van der Waals surface area (Å²) in [5.74, 6) is 1.36. The summed E-state index contributed by atoms with van der Waals surface area (Å²) in [7, 11) is 0. The van der Waals surface area contributed by atoms with Crippen molar-refractivity contribution < 1.29 is 4.52 Å². The summed E-state index contributed by atoms with van der Waals surface area (Å²) in [5, 5.41) is 7.42. The van der Waals surface area contributed by atoms with Gasteiger partial charge in [0.05, 0.1) is 15.2 Å². The van der Waals surface area contributed by atoms with Crippen molar-refractivity contribution in [1.29, 1.82) is 0 Å². The van der Waals surface area contributed by atoms with E-state index in [9.17, 15) is 0 Å². The van der Waals surface area contributed by atoms with Crippen LogP contribution in [0.3, 0.4) is 0 Å². The van der Waals surface area contributed by atoms with E-state index in [0.717, 1.165) is 34.8 Å². The third-order valence-corrected chi connectivity index (χ3v) is 4.86. The first-order valence-electron chi connectivity index (χ1n) is 6.25. The van der Waals surface area contributed by atoms with E-state index in [0.29, 0.717) is 17.8 Å². The van der Waals surface area contributed by atoms with Gasteiger partial charge in [-0.3, -0.25) is 4.90 Å². The summed E-state index contributed by atoms with van der Waals surface area (Å²) in [6.45, 7) is 5.98. The van der Waals surface area contributed by atoms with E-state index in [4.69, 9.17) is 4.52 Å². The topological polar surface area (TPSA) is 54.2 Å². The largest absolute Gasteiger partial charge is 0.338 e. The van der Waals surface area contributed by atoms with Gasteiger partial charge in [0.25, 0.3) is 0 Å². The quantitative estimate of drug-likeness (QED) is 0.889. The van der Waals surface area contributed by atoms with Crippen LogP contribution in [0, 0.1) is 0 Å². The molecule has 2 aromatic heterocycles. The molecule has 1 N–H and O–H groups in total. The number of halogens is 2. The lowest BCUT2D eigenvalue weighted by molar-refractivity contribution is 0.146. The third-order valence-electron chi connectivity index (χ3n) is 3.24. The maximum atomic E-state index is 5.35. The maximum absolute atomic E-state index is 5.35. The second kappa shape index (κ2) is 7.00. The lowest BCUT2D eigenvalue weighted by Gasteiger charge is -2.32. The van der Waals surface area contributed by atoms with Crippen LogP contribution in [0.1, 0.15) is 12.8 Å². The zero-order valence-electron chi connectivity index (χ0n) is 11.0. The fourth-order valence-corrected chi connectivity index (χ4v) is 3.46. The van der Waals surface area contributed by atoms with Crippen LogP contribution < -0.4 is 5.32 Å². The summed E-state index contributed by atoms with van der Waals surface area (Å²) >= 11 is 5.05. The van der Waals surface area contributed by atoms with Crippen molar-refractivity contribution in [2.75, 3.05) is 19.6 Å². The van der Waals surface area contributed by atoms with Gasteiger partial charge in [0, 0.05) is 25.7 Å². The fourth-order valence-electron chi connectivity index (χ4n) is 2.15. The SMILES string of the molecule is C[C@H]1CNCCN1Cc1nc(-c2ccc(Br)s2)no1.Cl. The fraction of sp³-hybridized carbons (Fsp3) is 0.500. The molecular weight excluding hydrogens is 364 g/mol. The van der Waals surface area contributed by atoms with Crippen molar-refractivity contribution in [3.63, 3.8) is 0 Å². The van der Waals surface area contributed by atoms with E-state index in [1.54, 1.807) is 11.3 Å². The van der Waals surface area contributed by atoms with Crippen LogP contribution in [0.4, 0.5) is 0 Å². The number of aromatic nitrogens is 2. The highest BCUT2D eigenvalue weighted by Crippen LogP contribution is 2.29. The Kier molecular flexibility index (Phi) is 5.57. The van der Waals surface area contributed by atoms with Crippen molar-refractivity contribution in [3.8, 4) is 10.7 Å². The Morgan fingerprint density at radius 2 is 2.40 bits per heavy atom. The van der Waals surface area contributed by atoms with Crippen LogP contribution in [-0.2, 0) is 6.54 Å². The number of rotatable bonds is 3. The van der Waals surface area contributed by atoms with Gasteiger partial charge in [-0.05, 0) is 35.0 Å². The number of hydrogen-bond acceptors (Lipinski definition) is 6. The van der Waals surface area contributed by atoms with Crippen LogP contribution in [0.25, 0.3) is 10.7 Å². The third kappa shape index (κ3) is 3.59. The molecule has 0 bridgehead atoms. The molecule has 3 rings (SSSR count). The average molecular weight is 380 g/mol. The second-order valence-corrected chi connectivity index (χ2v) is 7.10. The van der Waals surface area contributed by atoms with E-state index in [1.165, 1.54) is 0 Å². The van der Waals surface area contributed by atoms with Gasteiger partial charge in [-0.2, -0.15) is 4.98 Å². The molecule has 1 atom stereocenters. The number of hydrogen-bond donors (Lipinski definition) is 1. The molecule has 0 amide bonds. The molecule has 3 heterocycles. The highest BCUT2D eigenvalue weighted by atomic mass is 79.9. The van der Waals surface area contributed by atoms with Crippen molar-refractivity contribution in [2.45, 2.75) is 19.5 Å². The van der Waals surface area contributed by atoms with E-state index in [1.807, 2.05) is 12.1 Å². The summed E-state index contributed by atoms with van der Waals surface area (Å²) in [5.41, 5.74) is 0. The summed E-state index contributed by atoms with van der Waals surface area (Å²) in [6.07, 6.45) is 0.